The smallest absolute Gasteiger partial charge is 0.262 e. The van der Waals surface area contributed by atoms with Gasteiger partial charge in [-0.25, -0.2) is 4.39 Å². The van der Waals surface area contributed by atoms with Crippen LogP contribution in [0.4, 0.5) is 15.8 Å². The van der Waals surface area contributed by atoms with E-state index in [1.54, 1.807) is 17.0 Å². The summed E-state index contributed by atoms with van der Waals surface area (Å²) in [4.78, 5) is 15.1. The molecular formula is C25H25FN2O2. The molecule has 1 aliphatic rings. The third kappa shape index (κ3) is 4.15. The first kappa shape index (κ1) is 20.0. The Hall–Kier alpha value is -3.34. The summed E-state index contributed by atoms with van der Waals surface area (Å²) in [6.45, 7) is 2.84. The van der Waals surface area contributed by atoms with Crippen LogP contribution in [0.25, 0.3) is 0 Å². The van der Waals surface area contributed by atoms with Gasteiger partial charge < -0.3 is 10.1 Å². The fourth-order valence-corrected chi connectivity index (χ4v) is 3.64. The van der Waals surface area contributed by atoms with Crippen molar-refractivity contribution in [3.8, 4) is 5.75 Å². The number of rotatable bonds is 7. The van der Waals surface area contributed by atoms with Gasteiger partial charge in [-0.3, -0.25) is 9.69 Å². The lowest BCUT2D eigenvalue weighted by molar-refractivity contribution is 0.0975. The molecule has 0 bridgehead atoms. The van der Waals surface area contributed by atoms with E-state index in [4.69, 9.17) is 4.74 Å². The van der Waals surface area contributed by atoms with Gasteiger partial charge in [-0.2, -0.15) is 0 Å². The van der Waals surface area contributed by atoms with E-state index in [1.165, 1.54) is 12.1 Å². The molecule has 1 N–H and O–H groups in total. The Balaban J connectivity index is 1.64. The van der Waals surface area contributed by atoms with E-state index in [0.29, 0.717) is 12.2 Å². The van der Waals surface area contributed by atoms with Crippen LogP contribution in [-0.4, -0.2) is 12.5 Å². The van der Waals surface area contributed by atoms with Crippen LogP contribution in [0.1, 0.15) is 48.3 Å². The number of anilines is 2. The number of unbranched alkanes of at least 4 members (excludes halogenated alkanes) is 2. The summed E-state index contributed by atoms with van der Waals surface area (Å²) in [5.41, 5.74) is 2.93. The molecule has 0 radical (unpaired) electrons. The zero-order valence-electron chi connectivity index (χ0n) is 17.0. The minimum atomic E-state index is -0.440. The van der Waals surface area contributed by atoms with Crippen molar-refractivity contribution in [1.29, 1.82) is 0 Å². The molecule has 4 rings (SSSR count). The number of para-hydroxylation sites is 1. The van der Waals surface area contributed by atoms with Gasteiger partial charge >= 0.3 is 0 Å². The number of nitrogens with one attached hydrogen (secondary N) is 1. The summed E-state index contributed by atoms with van der Waals surface area (Å²) >= 11 is 0. The Morgan fingerprint density at radius 2 is 1.70 bits per heavy atom. The van der Waals surface area contributed by atoms with Gasteiger partial charge in [0.1, 0.15) is 17.7 Å². The third-order valence-corrected chi connectivity index (χ3v) is 5.24. The number of carbonyl (C=O) groups excluding carboxylic acids is 1. The van der Waals surface area contributed by atoms with Crippen molar-refractivity contribution in [1.82, 2.24) is 0 Å². The summed E-state index contributed by atoms with van der Waals surface area (Å²) in [5.74, 6) is 0.374. The van der Waals surface area contributed by atoms with Crippen molar-refractivity contribution in [2.45, 2.75) is 32.4 Å². The maximum absolute atomic E-state index is 13.5. The minimum absolute atomic E-state index is 0.102. The molecule has 1 atom stereocenters. The fraction of sp³-hybridized carbons (Fsp3) is 0.240. The van der Waals surface area contributed by atoms with Gasteiger partial charge in [0.15, 0.2) is 0 Å². The molecule has 0 unspecified atom stereocenters. The second-order valence-corrected chi connectivity index (χ2v) is 7.37. The lowest BCUT2D eigenvalue weighted by Gasteiger charge is -2.38. The highest BCUT2D eigenvalue weighted by molar-refractivity contribution is 6.12. The van der Waals surface area contributed by atoms with E-state index in [-0.39, 0.29) is 11.7 Å². The van der Waals surface area contributed by atoms with E-state index in [1.807, 2.05) is 48.5 Å². The second-order valence-electron chi connectivity index (χ2n) is 7.37. The molecule has 0 aliphatic carbocycles. The van der Waals surface area contributed by atoms with Crippen molar-refractivity contribution in [3.63, 3.8) is 0 Å². The number of benzene rings is 3. The van der Waals surface area contributed by atoms with Crippen LogP contribution in [0.3, 0.4) is 0 Å². The van der Waals surface area contributed by atoms with Crippen LogP contribution in [0.5, 0.6) is 5.75 Å². The van der Waals surface area contributed by atoms with Crippen molar-refractivity contribution in [2.75, 3.05) is 16.8 Å². The van der Waals surface area contributed by atoms with E-state index < -0.39 is 6.17 Å². The second kappa shape index (κ2) is 8.99. The van der Waals surface area contributed by atoms with Crippen molar-refractivity contribution < 1.29 is 13.9 Å². The quantitative estimate of drug-likeness (QED) is 0.479. The summed E-state index contributed by atoms with van der Waals surface area (Å²) in [6.07, 6.45) is 2.88. The number of halogens is 1. The molecule has 0 aromatic heterocycles. The van der Waals surface area contributed by atoms with Crippen LogP contribution in [0, 0.1) is 5.82 Å². The molecule has 3 aromatic rings. The SMILES string of the molecule is CCCCCOc1ccc(N2C(=O)c3ccccc3N[C@H]2c2ccc(F)cc2)cc1. The summed E-state index contributed by atoms with van der Waals surface area (Å²) < 4.78 is 19.3. The number of hydrogen-bond donors (Lipinski definition) is 1. The number of amides is 1. The molecule has 1 amide bonds. The average molecular weight is 404 g/mol. The van der Waals surface area contributed by atoms with Gasteiger partial charge in [-0.1, -0.05) is 44.0 Å². The molecule has 4 nitrogen and oxygen atoms in total. The largest absolute Gasteiger partial charge is 0.494 e. The first-order valence-corrected chi connectivity index (χ1v) is 10.3. The molecule has 0 spiro atoms. The Morgan fingerprint density at radius 1 is 0.967 bits per heavy atom. The van der Waals surface area contributed by atoms with Gasteiger partial charge in [-0.15, -0.1) is 0 Å². The number of hydrogen-bond acceptors (Lipinski definition) is 3. The zero-order valence-corrected chi connectivity index (χ0v) is 17.0. The maximum Gasteiger partial charge on any atom is 0.262 e. The van der Waals surface area contributed by atoms with E-state index >= 15 is 0 Å². The van der Waals surface area contributed by atoms with Gasteiger partial charge in [0.05, 0.1) is 12.2 Å². The van der Waals surface area contributed by atoms with Crippen LogP contribution in [-0.2, 0) is 0 Å². The summed E-state index contributed by atoms with van der Waals surface area (Å²) in [7, 11) is 0. The molecule has 1 heterocycles. The van der Waals surface area contributed by atoms with Crippen LogP contribution in [0.2, 0.25) is 0 Å². The molecular weight excluding hydrogens is 379 g/mol. The topological polar surface area (TPSA) is 41.6 Å². The predicted octanol–water partition coefficient (Wildman–Crippen LogP) is 6.17. The minimum Gasteiger partial charge on any atom is -0.494 e. The molecule has 5 heteroatoms. The highest BCUT2D eigenvalue weighted by atomic mass is 19.1. The van der Waals surface area contributed by atoms with Crippen molar-refractivity contribution in [3.05, 3.63) is 89.7 Å². The molecule has 1 aliphatic heterocycles. The highest BCUT2D eigenvalue weighted by Crippen LogP contribution is 2.37. The van der Waals surface area contributed by atoms with Crippen LogP contribution in [0.15, 0.2) is 72.8 Å². The monoisotopic (exact) mass is 404 g/mol. The van der Waals surface area contributed by atoms with Crippen LogP contribution < -0.4 is 15.0 Å². The lowest BCUT2D eigenvalue weighted by Crippen LogP contribution is -2.43. The predicted molar refractivity (Wildman–Crippen MR) is 117 cm³/mol. The van der Waals surface area contributed by atoms with Gasteiger partial charge in [0.25, 0.3) is 5.91 Å². The number of ether oxygens (including phenoxy) is 1. The molecule has 30 heavy (non-hydrogen) atoms. The first-order valence-electron chi connectivity index (χ1n) is 10.3. The third-order valence-electron chi connectivity index (χ3n) is 5.24. The van der Waals surface area contributed by atoms with Crippen molar-refractivity contribution in [2.24, 2.45) is 0 Å². The first-order chi connectivity index (χ1) is 14.7. The standard InChI is InChI=1S/C25H25FN2O2/c1-2-3-6-17-30-21-15-13-20(14-16-21)28-24(18-9-11-19(26)12-10-18)27-23-8-5-4-7-22(23)25(28)29/h4-5,7-16,24,27H,2-3,6,17H2,1H3/t24-/m1/s1. The van der Waals surface area contributed by atoms with Gasteiger partial charge in [0, 0.05) is 11.4 Å². The Morgan fingerprint density at radius 3 is 2.43 bits per heavy atom. The lowest BCUT2D eigenvalue weighted by atomic mass is 10.0. The van der Waals surface area contributed by atoms with E-state index in [0.717, 1.165) is 42.0 Å². The van der Waals surface area contributed by atoms with Crippen molar-refractivity contribution >= 4 is 17.3 Å². The Kier molecular flexibility index (Phi) is 5.98. The number of carbonyl (C=O) groups is 1. The Labute approximate surface area is 176 Å². The fourth-order valence-electron chi connectivity index (χ4n) is 3.64. The Bertz CT molecular complexity index is 1000. The summed E-state index contributed by atoms with van der Waals surface area (Å²) in [6, 6.07) is 21.2. The van der Waals surface area contributed by atoms with Crippen LogP contribution >= 0.6 is 0 Å². The van der Waals surface area contributed by atoms with E-state index in [2.05, 4.69) is 12.2 Å². The molecule has 0 saturated heterocycles. The molecule has 0 fully saturated rings. The average Bonchev–Trinajstić information content (AvgIpc) is 2.78. The number of nitrogens with zero attached hydrogens (tertiary/aromatic N) is 1. The summed E-state index contributed by atoms with van der Waals surface area (Å²) in [5, 5.41) is 3.43. The zero-order chi connectivity index (χ0) is 20.9. The molecule has 154 valence electrons. The van der Waals surface area contributed by atoms with Gasteiger partial charge in [-0.05, 0) is 60.5 Å². The maximum atomic E-state index is 13.5. The molecule has 3 aromatic carbocycles. The van der Waals surface area contributed by atoms with E-state index in [9.17, 15) is 9.18 Å². The normalized spacial score (nSPS) is 15.5. The highest BCUT2D eigenvalue weighted by Gasteiger charge is 2.33. The molecule has 0 saturated carbocycles. The number of fused-ring (bicyclic) bond motifs is 1. The van der Waals surface area contributed by atoms with Gasteiger partial charge in [0.2, 0.25) is 0 Å².